The third-order valence-corrected chi connectivity index (χ3v) is 3.93. The number of rotatable bonds is 6. The zero-order chi connectivity index (χ0) is 17.7. The summed E-state index contributed by atoms with van der Waals surface area (Å²) in [4.78, 5) is 2.30. The van der Waals surface area contributed by atoms with E-state index in [0.717, 1.165) is 43.7 Å². The normalized spacial score (nSPS) is 17.4. The number of ether oxygens (including phenoxy) is 2. The van der Waals surface area contributed by atoms with Crippen LogP contribution in [0.1, 0.15) is 24.9 Å². The second kappa shape index (κ2) is 7.90. The molecule has 1 aliphatic rings. The zero-order valence-electron chi connectivity index (χ0n) is 13.9. The van der Waals surface area contributed by atoms with Crippen LogP contribution in [0.3, 0.4) is 0 Å². The molecule has 0 amide bonds. The summed E-state index contributed by atoms with van der Waals surface area (Å²) in [5.41, 5.74) is 1.85. The van der Waals surface area contributed by atoms with Gasteiger partial charge in [0, 0.05) is 43.9 Å². The third kappa shape index (κ3) is 5.14. The Morgan fingerprint density at radius 3 is 2.54 bits per heavy atom. The molecule has 4 nitrogen and oxygen atoms in total. The molecule has 1 aliphatic heterocycles. The van der Waals surface area contributed by atoms with Crippen LogP contribution < -0.4 is 14.8 Å². The minimum absolute atomic E-state index is 0.0134. The molecular formula is C17H23F3N2O2. The molecule has 0 unspecified atom stereocenters. The Labute approximate surface area is 140 Å². The highest BCUT2D eigenvalue weighted by Gasteiger charge is 2.32. The highest BCUT2D eigenvalue weighted by Crippen LogP contribution is 2.37. The van der Waals surface area contributed by atoms with Crippen LogP contribution in [0.2, 0.25) is 0 Å². The van der Waals surface area contributed by atoms with E-state index in [4.69, 9.17) is 4.74 Å². The standard InChI is InChI=1S/C17H23F3N2O2/c1-12(2)10-15(22-8-6-21-7-9-22)14-5-4-13(11-16(14)23-3)24-17(18,19)20/h4-5,11,15,21H,1,6-10H2,2-3H3/t15-/m0/s1. The second-order valence-electron chi connectivity index (χ2n) is 5.91. The number of alkyl halides is 3. The highest BCUT2D eigenvalue weighted by atomic mass is 19.4. The van der Waals surface area contributed by atoms with E-state index in [2.05, 4.69) is 21.5 Å². The van der Waals surface area contributed by atoms with Gasteiger partial charge in [-0.3, -0.25) is 4.90 Å². The van der Waals surface area contributed by atoms with Crippen molar-refractivity contribution < 1.29 is 22.6 Å². The quantitative estimate of drug-likeness (QED) is 0.801. The van der Waals surface area contributed by atoms with Gasteiger partial charge in [-0.2, -0.15) is 0 Å². The Morgan fingerprint density at radius 1 is 1.33 bits per heavy atom. The molecular weight excluding hydrogens is 321 g/mol. The maximum atomic E-state index is 12.4. The van der Waals surface area contributed by atoms with Crippen LogP contribution in [0.5, 0.6) is 11.5 Å². The first kappa shape index (κ1) is 18.6. The molecule has 0 radical (unpaired) electrons. The van der Waals surface area contributed by atoms with E-state index in [9.17, 15) is 13.2 Å². The van der Waals surface area contributed by atoms with Gasteiger partial charge in [0.15, 0.2) is 0 Å². The van der Waals surface area contributed by atoms with Crippen molar-refractivity contribution in [1.82, 2.24) is 10.2 Å². The average Bonchev–Trinajstić information content (AvgIpc) is 2.52. The molecule has 0 bridgehead atoms. The van der Waals surface area contributed by atoms with Gasteiger partial charge in [-0.15, -0.1) is 19.8 Å². The molecule has 0 saturated carbocycles. The third-order valence-electron chi connectivity index (χ3n) is 3.93. The van der Waals surface area contributed by atoms with E-state index in [1.54, 1.807) is 6.07 Å². The summed E-state index contributed by atoms with van der Waals surface area (Å²) >= 11 is 0. The predicted octanol–water partition coefficient (Wildman–Crippen LogP) is 3.51. The summed E-state index contributed by atoms with van der Waals surface area (Å²) < 4.78 is 46.5. The first-order valence-electron chi connectivity index (χ1n) is 7.83. The summed E-state index contributed by atoms with van der Waals surface area (Å²) in [6, 6.07) is 4.28. The van der Waals surface area contributed by atoms with Gasteiger partial charge in [-0.25, -0.2) is 0 Å². The van der Waals surface area contributed by atoms with Crippen LogP contribution in [0.4, 0.5) is 13.2 Å². The van der Waals surface area contributed by atoms with Crippen molar-refractivity contribution in [1.29, 1.82) is 0 Å². The lowest BCUT2D eigenvalue weighted by atomic mass is 9.97. The molecule has 1 atom stereocenters. The van der Waals surface area contributed by atoms with E-state index < -0.39 is 6.36 Å². The van der Waals surface area contributed by atoms with Gasteiger partial charge in [-0.1, -0.05) is 11.6 Å². The number of piperazine rings is 1. The first-order valence-corrected chi connectivity index (χ1v) is 7.83. The Bertz CT molecular complexity index is 569. The molecule has 1 fully saturated rings. The Balaban J connectivity index is 2.31. The molecule has 0 aromatic heterocycles. The maximum absolute atomic E-state index is 12.4. The fourth-order valence-corrected chi connectivity index (χ4v) is 2.92. The van der Waals surface area contributed by atoms with Gasteiger partial charge >= 0.3 is 6.36 Å². The highest BCUT2D eigenvalue weighted by molar-refractivity contribution is 5.43. The Morgan fingerprint density at radius 2 is 2.00 bits per heavy atom. The molecule has 1 aromatic rings. The number of hydrogen-bond donors (Lipinski definition) is 1. The number of benzene rings is 1. The van der Waals surface area contributed by atoms with Crippen molar-refractivity contribution in [3.63, 3.8) is 0 Å². The van der Waals surface area contributed by atoms with Crippen molar-refractivity contribution in [3.05, 3.63) is 35.9 Å². The Hall–Kier alpha value is -1.73. The van der Waals surface area contributed by atoms with Gasteiger partial charge in [0.1, 0.15) is 11.5 Å². The lowest BCUT2D eigenvalue weighted by Gasteiger charge is -2.36. The number of hydrogen-bond acceptors (Lipinski definition) is 4. The number of nitrogens with zero attached hydrogens (tertiary/aromatic N) is 1. The molecule has 1 saturated heterocycles. The van der Waals surface area contributed by atoms with E-state index in [-0.39, 0.29) is 11.8 Å². The molecule has 2 rings (SSSR count). The van der Waals surface area contributed by atoms with Crippen molar-refractivity contribution in [2.75, 3.05) is 33.3 Å². The van der Waals surface area contributed by atoms with Crippen LogP contribution >= 0.6 is 0 Å². The molecule has 24 heavy (non-hydrogen) atoms. The van der Waals surface area contributed by atoms with Crippen molar-refractivity contribution in [2.24, 2.45) is 0 Å². The number of methoxy groups -OCH3 is 1. The Kier molecular flexibility index (Phi) is 6.12. The first-order chi connectivity index (χ1) is 11.3. The van der Waals surface area contributed by atoms with Crippen molar-refractivity contribution in [3.8, 4) is 11.5 Å². The minimum atomic E-state index is -4.72. The number of nitrogens with one attached hydrogen (secondary N) is 1. The maximum Gasteiger partial charge on any atom is 0.573 e. The van der Waals surface area contributed by atoms with Gasteiger partial charge in [0.05, 0.1) is 7.11 Å². The summed E-state index contributed by atoms with van der Waals surface area (Å²) in [5, 5.41) is 3.30. The van der Waals surface area contributed by atoms with Crippen LogP contribution in [0, 0.1) is 0 Å². The predicted molar refractivity (Wildman–Crippen MR) is 86.3 cm³/mol. The topological polar surface area (TPSA) is 33.7 Å². The van der Waals surface area contributed by atoms with Gasteiger partial charge in [0.25, 0.3) is 0 Å². The molecule has 1 heterocycles. The van der Waals surface area contributed by atoms with Gasteiger partial charge in [0.2, 0.25) is 0 Å². The summed E-state index contributed by atoms with van der Waals surface area (Å²) in [5.74, 6) is 0.110. The van der Waals surface area contributed by atoms with E-state index >= 15 is 0 Å². The smallest absolute Gasteiger partial charge is 0.496 e. The monoisotopic (exact) mass is 344 g/mol. The van der Waals surface area contributed by atoms with E-state index in [0.29, 0.717) is 5.75 Å². The number of halogens is 3. The molecule has 1 aromatic carbocycles. The minimum Gasteiger partial charge on any atom is -0.496 e. The summed E-state index contributed by atoms with van der Waals surface area (Å²) in [6.07, 6.45) is -4.00. The largest absolute Gasteiger partial charge is 0.573 e. The summed E-state index contributed by atoms with van der Waals surface area (Å²) in [7, 11) is 1.45. The zero-order valence-corrected chi connectivity index (χ0v) is 13.9. The fraction of sp³-hybridized carbons (Fsp3) is 0.529. The van der Waals surface area contributed by atoms with E-state index in [1.165, 1.54) is 19.2 Å². The van der Waals surface area contributed by atoms with Crippen LogP contribution in [-0.2, 0) is 0 Å². The molecule has 134 valence electrons. The van der Waals surface area contributed by atoms with Crippen molar-refractivity contribution in [2.45, 2.75) is 25.7 Å². The molecule has 7 heteroatoms. The second-order valence-corrected chi connectivity index (χ2v) is 5.91. The lowest BCUT2D eigenvalue weighted by molar-refractivity contribution is -0.274. The summed E-state index contributed by atoms with van der Waals surface area (Å²) in [6.45, 7) is 9.41. The molecule has 0 spiro atoms. The lowest BCUT2D eigenvalue weighted by Crippen LogP contribution is -2.45. The molecule has 0 aliphatic carbocycles. The average molecular weight is 344 g/mol. The van der Waals surface area contributed by atoms with Gasteiger partial charge in [-0.05, 0) is 19.4 Å². The van der Waals surface area contributed by atoms with Crippen LogP contribution in [0.25, 0.3) is 0 Å². The fourth-order valence-electron chi connectivity index (χ4n) is 2.92. The SMILES string of the molecule is C=C(C)C[C@@H](c1ccc(OC(F)(F)F)cc1OC)N1CCNCC1. The van der Waals surface area contributed by atoms with Crippen LogP contribution in [-0.4, -0.2) is 44.6 Å². The van der Waals surface area contributed by atoms with Gasteiger partial charge < -0.3 is 14.8 Å². The van der Waals surface area contributed by atoms with Crippen LogP contribution in [0.15, 0.2) is 30.4 Å². The molecule has 1 N–H and O–H groups in total. The van der Waals surface area contributed by atoms with Crippen molar-refractivity contribution >= 4 is 0 Å². The van der Waals surface area contributed by atoms with E-state index in [1.807, 2.05) is 6.92 Å².